The van der Waals surface area contributed by atoms with Crippen LogP contribution in [0.25, 0.3) is 0 Å². The molecule has 3 nitrogen and oxygen atoms in total. The number of benzene rings is 1. The Balaban J connectivity index is 1.56. The van der Waals surface area contributed by atoms with Crippen LogP contribution >= 0.6 is 11.6 Å². The summed E-state index contributed by atoms with van der Waals surface area (Å²) >= 11 is 6.05. The fraction of sp³-hybridized carbons (Fsp3) is 0.400. The topological polar surface area (TPSA) is 37.4 Å². The highest BCUT2D eigenvalue weighted by molar-refractivity contribution is 6.31. The Bertz CT molecular complexity index is 783. The van der Waals surface area contributed by atoms with Gasteiger partial charge in [-0.1, -0.05) is 41.0 Å². The Hall–Kier alpha value is -1.87. The zero-order valence-electron chi connectivity index (χ0n) is 13.2. The number of imide groups is 1. The third-order valence-corrected chi connectivity index (χ3v) is 6.33. The van der Waals surface area contributed by atoms with Gasteiger partial charge in [-0.05, 0) is 43.9 Å². The SMILES string of the molecule is O=C1[C@@H]2[C@@H](C(=O)N1c1cccc(Cl)c1)[C@H]1C=C[C@H]2C1=C1CCCC1. The third kappa shape index (κ3) is 1.79. The van der Waals surface area contributed by atoms with Crippen LogP contribution in [0.2, 0.25) is 5.02 Å². The Morgan fingerprint density at radius 1 is 0.958 bits per heavy atom. The first-order valence-electron chi connectivity index (χ1n) is 8.70. The van der Waals surface area contributed by atoms with Crippen molar-refractivity contribution in [2.45, 2.75) is 25.7 Å². The quantitative estimate of drug-likeness (QED) is 0.570. The molecule has 1 aromatic carbocycles. The van der Waals surface area contributed by atoms with Crippen molar-refractivity contribution in [2.24, 2.45) is 23.7 Å². The highest BCUT2D eigenvalue weighted by Gasteiger charge is 2.62. The molecule has 4 aliphatic rings. The van der Waals surface area contributed by atoms with E-state index >= 15 is 0 Å². The van der Waals surface area contributed by atoms with Gasteiger partial charge in [0.05, 0.1) is 17.5 Å². The predicted molar refractivity (Wildman–Crippen MR) is 92.5 cm³/mol. The van der Waals surface area contributed by atoms with Crippen molar-refractivity contribution in [3.63, 3.8) is 0 Å². The summed E-state index contributed by atoms with van der Waals surface area (Å²) in [6, 6.07) is 7.02. The number of anilines is 1. The molecule has 1 aliphatic heterocycles. The summed E-state index contributed by atoms with van der Waals surface area (Å²) in [6.45, 7) is 0. The van der Waals surface area contributed by atoms with Crippen molar-refractivity contribution in [3.8, 4) is 0 Å². The third-order valence-electron chi connectivity index (χ3n) is 6.10. The van der Waals surface area contributed by atoms with E-state index in [0.717, 1.165) is 12.8 Å². The van der Waals surface area contributed by atoms with Gasteiger partial charge >= 0.3 is 0 Å². The van der Waals surface area contributed by atoms with E-state index in [1.807, 2.05) is 0 Å². The van der Waals surface area contributed by atoms with E-state index in [2.05, 4.69) is 12.2 Å². The molecule has 1 aromatic rings. The Morgan fingerprint density at radius 2 is 1.58 bits per heavy atom. The monoisotopic (exact) mass is 339 g/mol. The van der Waals surface area contributed by atoms with E-state index in [1.165, 1.54) is 28.9 Å². The fourth-order valence-electron chi connectivity index (χ4n) is 5.19. The lowest BCUT2D eigenvalue weighted by Gasteiger charge is -2.20. The first kappa shape index (κ1) is 14.5. The molecule has 1 saturated heterocycles. The van der Waals surface area contributed by atoms with Gasteiger partial charge in [0.1, 0.15) is 0 Å². The second kappa shape index (κ2) is 5.06. The van der Waals surface area contributed by atoms with E-state index in [4.69, 9.17) is 11.6 Å². The number of amides is 2. The van der Waals surface area contributed by atoms with E-state index < -0.39 is 0 Å². The molecule has 3 fully saturated rings. The van der Waals surface area contributed by atoms with E-state index in [0.29, 0.717) is 10.7 Å². The van der Waals surface area contributed by atoms with Crippen LogP contribution < -0.4 is 4.90 Å². The molecular formula is C20H18ClNO2. The second-order valence-corrected chi connectivity index (χ2v) is 7.68. The van der Waals surface area contributed by atoms with Gasteiger partial charge in [0.15, 0.2) is 0 Å². The van der Waals surface area contributed by atoms with Crippen molar-refractivity contribution in [1.82, 2.24) is 0 Å². The van der Waals surface area contributed by atoms with Crippen LogP contribution in [0.15, 0.2) is 47.6 Å². The number of allylic oxidation sites excluding steroid dienone is 4. The van der Waals surface area contributed by atoms with Crippen LogP contribution in [0.3, 0.4) is 0 Å². The van der Waals surface area contributed by atoms with E-state index in [-0.39, 0.29) is 35.5 Å². The highest BCUT2D eigenvalue weighted by atomic mass is 35.5. The summed E-state index contributed by atoms with van der Waals surface area (Å²) in [4.78, 5) is 27.5. The first-order chi connectivity index (χ1) is 11.7. The first-order valence-corrected chi connectivity index (χ1v) is 9.08. The Kier molecular flexibility index (Phi) is 3.05. The number of halogens is 1. The number of rotatable bonds is 1. The van der Waals surface area contributed by atoms with E-state index in [9.17, 15) is 9.59 Å². The zero-order chi connectivity index (χ0) is 16.4. The van der Waals surface area contributed by atoms with Crippen LogP contribution in [-0.2, 0) is 9.59 Å². The molecule has 0 N–H and O–H groups in total. The van der Waals surface area contributed by atoms with Crippen LogP contribution in [-0.4, -0.2) is 11.8 Å². The van der Waals surface area contributed by atoms with Gasteiger partial charge in [0.25, 0.3) is 0 Å². The molecule has 4 heteroatoms. The highest BCUT2D eigenvalue weighted by Crippen LogP contribution is 2.58. The number of hydrogen-bond acceptors (Lipinski definition) is 2. The molecular weight excluding hydrogens is 322 g/mol. The van der Waals surface area contributed by atoms with Crippen LogP contribution in [0.4, 0.5) is 5.69 Å². The van der Waals surface area contributed by atoms with Crippen molar-refractivity contribution >= 4 is 29.1 Å². The predicted octanol–water partition coefficient (Wildman–Crippen LogP) is 4.13. The minimum atomic E-state index is -0.213. The summed E-state index contributed by atoms with van der Waals surface area (Å²) in [6.07, 6.45) is 9.10. The maximum absolute atomic E-state index is 13.1. The van der Waals surface area contributed by atoms with Crippen molar-refractivity contribution in [2.75, 3.05) is 4.90 Å². The maximum atomic E-state index is 13.1. The largest absolute Gasteiger partial charge is 0.274 e. The molecule has 1 heterocycles. The molecule has 4 atom stereocenters. The average molecular weight is 340 g/mol. The molecule has 0 unspecified atom stereocenters. The Morgan fingerprint density at radius 3 is 2.17 bits per heavy atom. The zero-order valence-corrected chi connectivity index (χ0v) is 14.0. The number of carbonyl (C=O) groups is 2. The lowest BCUT2D eigenvalue weighted by molar-refractivity contribution is -0.122. The van der Waals surface area contributed by atoms with E-state index in [1.54, 1.807) is 24.3 Å². The fourth-order valence-corrected chi connectivity index (χ4v) is 5.38. The molecule has 2 saturated carbocycles. The van der Waals surface area contributed by atoms with Gasteiger partial charge in [0, 0.05) is 16.9 Å². The van der Waals surface area contributed by atoms with Crippen molar-refractivity contribution < 1.29 is 9.59 Å². The Labute approximate surface area is 146 Å². The molecule has 122 valence electrons. The maximum Gasteiger partial charge on any atom is 0.238 e. The normalized spacial score (nSPS) is 34.0. The molecule has 2 amide bonds. The summed E-state index contributed by atoms with van der Waals surface area (Å²) < 4.78 is 0. The lowest BCUT2D eigenvalue weighted by Crippen LogP contribution is -2.33. The van der Waals surface area contributed by atoms with Gasteiger partial charge in [-0.25, -0.2) is 4.90 Å². The minimum Gasteiger partial charge on any atom is -0.274 e. The molecule has 0 aromatic heterocycles. The average Bonchev–Trinajstić information content (AvgIpc) is 3.30. The number of hydrogen-bond donors (Lipinski definition) is 0. The van der Waals surface area contributed by atoms with Gasteiger partial charge in [-0.2, -0.15) is 0 Å². The number of carbonyl (C=O) groups excluding carboxylic acids is 2. The summed E-state index contributed by atoms with van der Waals surface area (Å²) in [5.41, 5.74) is 3.51. The van der Waals surface area contributed by atoms with Crippen LogP contribution in [0.5, 0.6) is 0 Å². The summed E-state index contributed by atoms with van der Waals surface area (Å²) in [5.74, 6) is -0.271. The van der Waals surface area contributed by atoms with Crippen LogP contribution in [0, 0.1) is 23.7 Å². The van der Waals surface area contributed by atoms with Crippen molar-refractivity contribution in [3.05, 3.63) is 52.6 Å². The molecule has 24 heavy (non-hydrogen) atoms. The second-order valence-electron chi connectivity index (χ2n) is 7.25. The number of fused-ring (bicyclic) bond motifs is 5. The standard InChI is InChI=1S/C20H18ClNO2/c21-12-6-3-7-13(10-12)22-19(23)17-14-8-9-15(18(17)20(22)24)16(14)11-4-1-2-5-11/h3,6-10,14-15,17-18H,1-2,4-5H2/t14-,15-,17-,18-/m0/s1. The molecule has 0 spiro atoms. The molecule has 0 radical (unpaired) electrons. The smallest absolute Gasteiger partial charge is 0.238 e. The number of nitrogens with zero attached hydrogens (tertiary/aromatic N) is 1. The molecule has 2 bridgehead atoms. The van der Waals surface area contributed by atoms with Gasteiger partial charge in [0.2, 0.25) is 11.8 Å². The minimum absolute atomic E-state index is 0.0554. The van der Waals surface area contributed by atoms with Gasteiger partial charge in [-0.3, -0.25) is 9.59 Å². The van der Waals surface area contributed by atoms with Crippen molar-refractivity contribution in [1.29, 1.82) is 0 Å². The molecule has 3 aliphatic carbocycles. The summed E-state index contributed by atoms with van der Waals surface area (Å²) in [7, 11) is 0. The molecule has 5 rings (SSSR count). The van der Waals surface area contributed by atoms with Crippen LogP contribution in [0.1, 0.15) is 25.7 Å². The van der Waals surface area contributed by atoms with Gasteiger partial charge in [-0.15, -0.1) is 0 Å². The van der Waals surface area contributed by atoms with Gasteiger partial charge < -0.3 is 0 Å². The lowest BCUT2D eigenvalue weighted by atomic mass is 9.85. The summed E-state index contributed by atoms with van der Waals surface area (Å²) in [5, 5.41) is 0.542.